The van der Waals surface area contributed by atoms with E-state index >= 15 is 0 Å². The van der Waals surface area contributed by atoms with Crippen LogP contribution in [0.3, 0.4) is 0 Å². The second-order valence-corrected chi connectivity index (χ2v) is 9.94. The van der Waals surface area contributed by atoms with Crippen molar-refractivity contribution in [2.45, 2.75) is 31.2 Å². The lowest BCUT2D eigenvalue weighted by molar-refractivity contribution is -0.150. The van der Waals surface area contributed by atoms with E-state index in [0.717, 1.165) is 11.1 Å². The fraction of sp³-hybridized carbons (Fsp3) is 0.269. The molecule has 0 saturated heterocycles. The maximum absolute atomic E-state index is 13.8. The summed E-state index contributed by atoms with van der Waals surface area (Å²) in [4.78, 5) is 31.7. The summed E-state index contributed by atoms with van der Waals surface area (Å²) in [6, 6.07) is 14.2. The number of esters is 2. The van der Waals surface area contributed by atoms with Gasteiger partial charge in [0.25, 0.3) is 0 Å². The molecule has 3 atom stereocenters. The Morgan fingerprint density at radius 3 is 2.40 bits per heavy atom. The number of aromatic nitrogens is 1. The number of ether oxygens (including phenoxy) is 2. The number of halogens is 2. The largest absolute Gasteiger partial charge is 0.468 e. The number of rotatable bonds is 5. The summed E-state index contributed by atoms with van der Waals surface area (Å²) in [5, 5.41) is 6.53. The summed E-state index contributed by atoms with van der Waals surface area (Å²) in [6.45, 7) is 3.70. The molecule has 0 aliphatic carbocycles. The Kier molecular flexibility index (Phi) is 7.22. The zero-order chi connectivity index (χ0) is 25.3. The Bertz CT molecular complexity index is 1310. The fourth-order valence-corrected chi connectivity index (χ4v) is 6.21. The van der Waals surface area contributed by atoms with E-state index in [0.29, 0.717) is 32.0 Å². The predicted molar refractivity (Wildman–Crippen MR) is 138 cm³/mol. The van der Waals surface area contributed by atoms with Crippen LogP contribution in [-0.2, 0) is 24.5 Å². The van der Waals surface area contributed by atoms with Crippen LogP contribution in [0.1, 0.15) is 30.3 Å². The summed E-state index contributed by atoms with van der Waals surface area (Å²) < 4.78 is 10.5. The van der Waals surface area contributed by atoms with Gasteiger partial charge in [-0.1, -0.05) is 59.6 Å². The Morgan fingerprint density at radius 2 is 1.77 bits per heavy atom. The SMILES string of the molecule is COC(=O)C1=C(C)NC(C)C(C(=O)OC)(c2nc(-c3ccc(Cl)c(Cl)c3)cs2)C1c1ccccc1. The van der Waals surface area contributed by atoms with Gasteiger partial charge in [-0.05, 0) is 31.5 Å². The number of hydrogen-bond donors (Lipinski definition) is 1. The van der Waals surface area contributed by atoms with Crippen molar-refractivity contribution in [3.05, 3.63) is 85.8 Å². The number of carbonyl (C=O) groups excluding carboxylic acids is 2. The molecule has 3 unspecified atom stereocenters. The van der Waals surface area contributed by atoms with E-state index in [-0.39, 0.29) is 0 Å². The van der Waals surface area contributed by atoms with Gasteiger partial charge in [0, 0.05) is 28.6 Å². The van der Waals surface area contributed by atoms with Gasteiger partial charge in [-0.2, -0.15) is 0 Å². The normalized spacial score (nSPS) is 21.9. The molecule has 35 heavy (non-hydrogen) atoms. The van der Waals surface area contributed by atoms with E-state index in [2.05, 4.69) is 5.32 Å². The molecular formula is C26H24Cl2N2O4S. The predicted octanol–water partition coefficient (Wildman–Crippen LogP) is 5.75. The highest BCUT2D eigenvalue weighted by Gasteiger charge is 2.60. The molecule has 0 radical (unpaired) electrons. The van der Waals surface area contributed by atoms with Gasteiger partial charge in [-0.15, -0.1) is 11.3 Å². The average Bonchev–Trinajstić information content (AvgIpc) is 3.35. The fourth-order valence-electron chi connectivity index (χ4n) is 4.78. The third kappa shape index (κ3) is 4.22. The standard InChI is InChI=1S/C26H24Cl2N2O4S/c1-14-21(23(31)33-3)22(16-8-6-5-7-9-16)26(15(2)29-14,25(32)34-4)24-30-20(13-35-24)17-10-11-18(27)19(28)12-17/h5-13,15,22,29H,1-4H3. The van der Waals surface area contributed by atoms with Crippen LogP contribution >= 0.6 is 34.5 Å². The summed E-state index contributed by atoms with van der Waals surface area (Å²) in [6.07, 6.45) is 0. The van der Waals surface area contributed by atoms with Gasteiger partial charge in [0.05, 0.1) is 35.5 Å². The Morgan fingerprint density at radius 1 is 1.06 bits per heavy atom. The molecule has 1 N–H and O–H groups in total. The van der Waals surface area contributed by atoms with Crippen molar-refractivity contribution in [3.8, 4) is 11.3 Å². The third-order valence-corrected chi connectivity index (χ3v) is 8.13. The molecular weight excluding hydrogens is 507 g/mol. The molecule has 1 aliphatic heterocycles. The third-order valence-electron chi connectivity index (χ3n) is 6.40. The van der Waals surface area contributed by atoms with Crippen LogP contribution in [0.2, 0.25) is 10.0 Å². The van der Waals surface area contributed by atoms with Crippen molar-refractivity contribution in [2.75, 3.05) is 14.2 Å². The number of nitrogens with zero attached hydrogens (tertiary/aromatic N) is 1. The maximum atomic E-state index is 13.8. The van der Waals surface area contributed by atoms with Gasteiger partial charge in [-0.3, -0.25) is 4.79 Å². The Hall–Kier alpha value is -2.87. The van der Waals surface area contributed by atoms with E-state index < -0.39 is 29.3 Å². The summed E-state index contributed by atoms with van der Waals surface area (Å²) in [5.41, 5.74) is 1.81. The van der Waals surface area contributed by atoms with Crippen LogP contribution in [0.5, 0.6) is 0 Å². The van der Waals surface area contributed by atoms with E-state index in [1.807, 2.05) is 55.6 Å². The van der Waals surface area contributed by atoms with Crippen molar-refractivity contribution in [1.82, 2.24) is 10.3 Å². The molecule has 2 heterocycles. The number of carbonyl (C=O) groups is 2. The molecule has 0 spiro atoms. The second-order valence-electron chi connectivity index (χ2n) is 8.27. The van der Waals surface area contributed by atoms with Gasteiger partial charge in [0.1, 0.15) is 5.01 Å². The van der Waals surface area contributed by atoms with E-state index in [9.17, 15) is 9.59 Å². The van der Waals surface area contributed by atoms with E-state index in [4.69, 9.17) is 37.7 Å². The van der Waals surface area contributed by atoms with Crippen molar-refractivity contribution in [1.29, 1.82) is 0 Å². The zero-order valence-electron chi connectivity index (χ0n) is 19.6. The zero-order valence-corrected chi connectivity index (χ0v) is 21.9. The van der Waals surface area contributed by atoms with Crippen LogP contribution in [-0.4, -0.2) is 37.2 Å². The molecule has 1 aliphatic rings. The van der Waals surface area contributed by atoms with Crippen LogP contribution in [0, 0.1) is 0 Å². The van der Waals surface area contributed by atoms with Crippen molar-refractivity contribution < 1.29 is 19.1 Å². The first-order valence-electron chi connectivity index (χ1n) is 10.9. The lowest BCUT2D eigenvalue weighted by Gasteiger charge is -2.46. The van der Waals surface area contributed by atoms with Crippen LogP contribution in [0.4, 0.5) is 0 Å². The van der Waals surface area contributed by atoms with Gasteiger partial charge in [-0.25, -0.2) is 9.78 Å². The number of hydrogen-bond acceptors (Lipinski definition) is 7. The molecule has 1 aromatic heterocycles. The minimum Gasteiger partial charge on any atom is -0.468 e. The monoisotopic (exact) mass is 530 g/mol. The number of nitrogens with one attached hydrogen (secondary N) is 1. The molecule has 0 bridgehead atoms. The number of methoxy groups -OCH3 is 2. The minimum absolute atomic E-state index is 0.355. The molecule has 0 saturated carbocycles. The van der Waals surface area contributed by atoms with Crippen LogP contribution in [0.15, 0.2) is 65.2 Å². The quantitative estimate of drug-likeness (QED) is 0.423. The molecule has 6 nitrogen and oxygen atoms in total. The van der Waals surface area contributed by atoms with Crippen LogP contribution in [0.25, 0.3) is 11.3 Å². The summed E-state index contributed by atoms with van der Waals surface area (Å²) >= 11 is 13.6. The molecule has 4 rings (SSSR count). The second kappa shape index (κ2) is 10.0. The average molecular weight is 531 g/mol. The van der Waals surface area contributed by atoms with Gasteiger partial charge in [0.2, 0.25) is 0 Å². The van der Waals surface area contributed by atoms with Gasteiger partial charge in [0.15, 0.2) is 5.41 Å². The highest BCUT2D eigenvalue weighted by Crippen LogP contribution is 2.52. The first kappa shape index (κ1) is 25.2. The van der Waals surface area contributed by atoms with Crippen molar-refractivity contribution in [3.63, 3.8) is 0 Å². The minimum atomic E-state index is -1.35. The summed E-state index contributed by atoms with van der Waals surface area (Å²) in [7, 11) is 2.67. The molecule has 2 aromatic carbocycles. The Labute approximate surface area is 217 Å². The van der Waals surface area contributed by atoms with Crippen LogP contribution < -0.4 is 5.32 Å². The lowest BCUT2D eigenvalue weighted by Crippen LogP contribution is -2.60. The number of thiazole rings is 1. The maximum Gasteiger partial charge on any atom is 0.336 e. The molecule has 9 heteroatoms. The van der Waals surface area contributed by atoms with Gasteiger partial charge >= 0.3 is 11.9 Å². The molecule has 0 amide bonds. The first-order valence-corrected chi connectivity index (χ1v) is 12.5. The molecule has 182 valence electrons. The summed E-state index contributed by atoms with van der Waals surface area (Å²) in [5.74, 6) is -1.73. The van der Waals surface area contributed by atoms with E-state index in [1.165, 1.54) is 25.6 Å². The molecule has 0 fully saturated rings. The first-order chi connectivity index (χ1) is 16.7. The highest BCUT2D eigenvalue weighted by atomic mass is 35.5. The topological polar surface area (TPSA) is 77.5 Å². The van der Waals surface area contributed by atoms with Gasteiger partial charge < -0.3 is 14.8 Å². The van der Waals surface area contributed by atoms with Crippen molar-refractivity contribution >= 4 is 46.5 Å². The van der Waals surface area contributed by atoms with E-state index in [1.54, 1.807) is 12.1 Å². The Balaban J connectivity index is 2.00. The smallest absolute Gasteiger partial charge is 0.336 e. The van der Waals surface area contributed by atoms with Crippen molar-refractivity contribution in [2.24, 2.45) is 0 Å². The lowest BCUT2D eigenvalue weighted by atomic mass is 9.62. The number of allylic oxidation sites excluding steroid dienone is 1. The molecule has 3 aromatic rings. The highest BCUT2D eigenvalue weighted by molar-refractivity contribution is 7.10. The number of benzene rings is 2.